The first-order chi connectivity index (χ1) is 6.77. The number of hydrogen-bond acceptors (Lipinski definition) is 2. The fraction of sp³-hybridized carbons (Fsp3) is 0.917. The first kappa shape index (κ1) is 10.2. The van der Waals surface area contributed by atoms with Gasteiger partial charge in [-0.05, 0) is 30.6 Å². The first-order valence-corrected chi connectivity index (χ1v) is 5.86. The molecule has 2 atom stereocenters. The van der Waals surface area contributed by atoms with Crippen molar-refractivity contribution in [2.45, 2.75) is 45.4 Å². The molecule has 0 bridgehead atoms. The van der Waals surface area contributed by atoms with E-state index < -0.39 is 0 Å². The van der Waals surface area contributed by atoms with Gasteiger partial charge in [0, 0.05) is 26.1 Å². The number of fused-ring (bicyclic) bond motifs is 1. The maximum Gasteiger partial charge on any atom is 0.133 e. The molecular formula is C12H20O2. The van der Waals surface area contributed by atoms with Gasteiger partial charge in [0.15, 0.2) is 0 Å². The summed E-state index contributed by atoms with van der Waals surface area (Å²) >= 11 is 0. The van der Waals surface area contributed by atoms with Crippen molar-refractivity contribution in [1.29, 1.82) is 0 Å². The van der Waals surface area contributed by atoms with Crippen LogP contribution in [-0.2, 0) is 9.53 Å². The maximum atomic E-state index is 11.7. The van der Waals surface area contributed by atoms with Crippen LogP contribution >= 0.6 is 0 Å². The summed E-state index contributed by atoms with van der Waals surface area (Å²) in [7, 11) is 0. The van der Waals surface area contributed by atoms with Crippen molar-refractivity contribution in [1.82, 2.24) is 0 Å². The molecule has 0 aromatic rings. The predicted octanol–water partition coefficient (Wildman–Crippen LogP) is 2.56. The van der Waals surface area contributed by atoms with Crippen molar-refractivity contribution in [3.8, 4) is 0 Å². The third-order valence-corrected chi connectivity index (χ3v) is 3.78. The van der Waals surface area contributed by atoms with Crippen LogP contribution in [0, 0.1) is 11.3 Å². The van der Waals surface area contributed by atoms with Gasteiger partial charge >= 0.3 is 0 Å². The fourth-order valence-corrected chi connectivity index (χ4v) is 2.63. The minimum Gasteiger partial charge on any atom is -0.381 e. The van der Waals surface area contributed by atoms with Crippen LogP contribution in [0.4, 0.5) is 0 Å². The third kappa shape index (κ3) is 2.00. The Labute approximate surface area is 86.0 Å². The molecule has 1 aliphatic carbocycles. The second kappa shape index (κ2) is 4.01. The number of Topliss-reactive ketones (excluding diaryl/α,β-unsaturated/α-hetero) is 1. The second-order valence-corrected chi connectivity index (χ2v) is 4.91. The lowest BCUT2D eigenvalue weighted by molar-refractivity contribution is -0.121. The normalized spacial score (nSPS) is 35.1. The van der Waals surface area contributed by atoms with Crippen LogP contribution in [-0.4, -0.2) is 19.0 Å². The highest BCUT2D eigenvalue weighted by Gasteiger charge is 2.55. The van der Waals surface area contributed by atoms with E-state index in [0.29, 0.717) is 17.1 Å². The molecule has 80 valence electrons. The highest BCUT2D eigenvalue weighted by Crippen LogP contribution is 2.59. The van der Waals surface area contributed by atoms with Crippen molar-refractivity contribution in [2.24, 2.45) is 11.3 Å². The average molecular weight is 196 g/mol. The average Bonchev–Trinajstić information content (AvgIpc) is 2.88. The summed E-state index contributed by atoms with van der Waals surface area (Å²) in [6.45, 7) is 3.92. The Morgan fingerprint density at radius 1 is 1.57 bits per heavy atom. The van der Waals surface area contributed by atoms with E-state index in [9.17, 15) is 4.79 Å². The van der Waals surface area contributed by atoms with Crippen LogP contribution in [0.25, 0.3) is 0 Å². The zero-order chi connectivity index (χ0) is 10.0. The van der Waals surface area contributed by atoms with E-state index in [1.54, 1.807) is 0 Å². The van der Waals surface area contributed by atoms with E-state index in [4.69, 9.17) is 4.74 Å². The van der Waals surface area contributed by atoms with Crippen molar-refractivity contribution >= 4 is 5.78 Å². The molecule has 0 amide bonds. The minimum absolute atomic E-state index is 0.392. The Morgan fingerprint density at radius 2 is 2.43 bits per heavy atom. The molecule has 0 spiro atoms. The van der Waals surface area contributed by atoms with Gasteiger partial charge in [0.1, 0.15) is 5.78 Å². The lowest BCUT2D eigenvalue weighted by Crippen LogP contribution is -2.21. The van der Waals surface area contributed by atoms with Crippen LogP contribution in [0.1, 0.15) is 45.4 Å². The standard InChI is InChI=1S/C12H20O2/c1-2-3-4-11(13)8-12-5-6-14-9-10(12)7-12/h10H,2-9H2,1H3. The molecule has 2 heteroatoms. The number of carbonyl (C=O) groups is 1. The maximum absolute atomic E-state index is 11.7. The van der Waals surface area contributed by atoms with Gasteiger partial charge < -0.3 is 4.74 Å². The molecule has 1 saturated heterocycles. The second-order valence-electron chi connectivity index (χ2n) is 4.91. The Kier molecular flexibility index (Phi) is 2.91. The van der Waals surface area contributed by atoms with Gasteiger partial charge in [-0.15, -0.1) is 0 Å². The summed E-state index contributed by atoms with van der Waals surface area (Å²) in [5, 5.41) is 0. The fourth-order valence-electron chi connectivity index (χ4n) is 2.63. The van der Waals surface area contributed by atoms with Crippen LogP contribution in [0.2, 0.25) is 0 Å². The van der Waals surface area contributed by atoms with E-state index >= 15 is 0 Å². The zero-order valence-electron chi connectivity index (χ0n) is 9.05. The van der Waals surface area contributed by atoms with Gasteiger partial charge in [-0.2, -0.15) is 0 Å². The van der Waals surface area contributed by atoms with Crippen LogP contribution < -0.4 is 0 Å². The number of rotatable bonds is 5. The molecule has 1 aliphatic heterocycles. The lowest BCUT2D eigenvalue weighted by Gasteiger charge is -2.21. The molecular weight excluding hydrogens is 176 g/mol. The van der Waals surface area contributed by atoms with Crippen molar-refractivity contribution < 1.29 is 9.53 Å². The highest BCUT2D eigenvalue weighted by molar-refractivity contribution is 5.79. The molecule has 2 nitrogen and oxygen atoms in total. The summed E-state index contributed by atoms with van der Waals surface area (Å²) in [6.07, 6.45) is 6.19. The number of ether oxygens (including phenoxy) is 1. The van der Waals surface area contributed by atoms with Gasteiger partial charge in [0.05, 0.1) is 0 Å². The molecule has 0 radical (unpaired) electrons. The smallest absolute Gasteiger partial charge is 0.133 e. The summed E-state index contributed by atoms with van der Waals surface area (Å²) < 4.78 is 5.40. The van der Waals surface area contributed by atoms with Gasteiger partial charge in [0.2, 0.25) is 0 Å². The molecule has 2 rings (SSSR count). The van der Waals surface area contributed by atoms with Gasteiger partial charge in [-0.25, -0.2) is 0 Å². The molecule has 1 saturated carbocycles. The molecule has 2 unspecified atom stereocenters. The van der Waals surface area contributed by atoms with Crippen molar-refractivity contribution in [3.05, 3.63) is 0 Å². The van der Waals surface area contributed by atoms with Gasteiger partial charge in [0.25, 0.3) is 0 Å². The molecule has 1 heterocycles. The topological polar surface area (TPSA) is 26.3 Å². The van der Waals surface area contributed by atoms with Crippen molar-refractivity contribution in [3.63, 3.8) is 0 Å². The number of ketones is 1. The summed E-state index contributed by atoms with van der Waals surface area (Å²) in [5.41, 5.74) is 0.392. The molecule has 0 aromatic carbocycles. The predicted molar refractivity (Wildman–Crippen MR) is 55.1 cm³/mol. The van der Waals surface area contributed by atoms with Crippen LogP contribution in [0.5, 0.6) is 0 Å². The van der Waals surface area contributed by atoms with Crippen LogP contribution in [0.3, 0.4) is 0 Å². The Hall–Kier alpha value is -0.370. The Balaban J connectivity index is 1.77. The molecule has 2 aliphatic rings. The highest BCUT2D eigenvalue weighted by atomic mass is 16.5. The monoisotopic (exact) mass is 196 g/mol. The van der Waals surface area contributed by atoms with E-state index in [1.807, 2.05) is 0 Å². The van der Waals surface area contributed by atoms with E-state index in [1.165, 1.54) is 6.42 Å². The Bertz CT molecular complexity index is 224. The van der Waals surface area contributed by atoms with Crippen molar-refractivity contribution in [2.75, 3.05) is 13.2 Å². The molecule has 0 N–H and O–H groups in total. The quantitative estimate of drug-likeness (QED) is 0.675. The SMILES string of the molecule is CCCCC(=O)CC12CCOCC1C2. The first-order valence-electron chi connectivity index (χ1n) is 5.86. The summed E-state index contributed by atoms with van der Waals surface area (Å²) in [4.78, 5) is 11.7. The number of hydrogen-bond donors (Lipinski definition) is 0. The lowest BCUT2D eigenvalue weighted by atomic mass is 9.90. The molecule has 14 heavy (non-hydrogen) atoms. The summed E-state index contributed by atoms with van der Waals surface area (Å²) in [6, 6.07) is 0. The minimum atomic E-state index is 0.392. The van der Waals surface area contributed by atoms with E-state index in [0.717, 1.165) is 45.3 Å². The zero-order valence-corrected chi connectivity index (χ0v) is 9.05. The van der Waals surface area contributed by atoms with Gasteiger partial charge in [-0.3, -0.25) is 4.79 Å². The van der Waals surface area contributed by atoms with Gasteiger partial charge in [-0.1, -0.05) is 13.3 Å². The molecule has 2 fully saturated rings. The largest absolute Gasteiger partial charge is 0.381 e. The Morgan fingerprint density at radius 3 is 3.14 bits per heavy atom. The van der Waals surface area contributed by atoms with E-state index in [2.05, 4.69) is 6.92 Å². The summed E-state index contributed by atoms with van der Waals surface area (Å²) in [5.74, 6) is 1.19. The molecule has 0 aromatic heterocycles. The van der Waals surface area contributed by atoms with Crippen LogP contribution in [0.15, 0.2) is 0 Å². The third-order valence-electron chi connectivity index (χ3n) is 3.78. The number of unbranched alkanes of at least 4 members (excludes halogenated alkanes) is 1. The van der Waals surface area contributed by atoms with E-state index in [-0.39, 0.29) is 0 Å². The number of carbonyl (C=O) groups excluding carboxylic acids is 1.